The van der Waals surface area contributed by atoms with Crippen LogP contribution in [-0.4, -0.2) is 73.2 Å². The van der Waals surface area contributed by atoms with Gasteiger partial charge in [0.15, 0.2) is 0 Å². The first-order valence-corrected chi connectivity index (χ1v) is 13.2. The number of rotatable bonds is 3. The van der Waals surface area contributed by atoms with Gasteiger partial charge in [0, 0.05) is 55.1 Å². The maximum atomic E-state index is 14.0. The van der Waals surface area contributed by atoms with Gasteiger partial charge in [-0.25, -0.2) is 9.38 Å². The van der Waals surface area contributed by atoms with Gasteiger partial charge in [0.25, 0.3) is 0 Å². The fraction of sp³-hybridized carbons (Fsp3) is 0.333. The molecule has 0 N–H and O–H groups in total. The van der Waals surface area contributed by atoms with E-state index in [9.17, 15) is 9.18 Å². The SMILES string of the molecule is C=CC(=O)N1CCN(C2=NC(=C)N3C[C@H](OC)CSc4c(-c5ccc(F)c(Cl)c5)c(C)cc2c43)CC1. The van der Waals surface area contributed by atoms with E-state index in [-0.39, 0.29) is 17.0 Å². The van der Waals surface area contributed by atoms with E-state index in [4.69, 9.17) is 21.3 Å². The van der Waals surface area contributed by atoms with Crippen LogP contribution in [0.2, 0.25) is 5.02 Å². The van der Waals surface area contributed by atoms with E-state index < -0.39 is 5.82 Å². The normalized spacial score (nSPS) is 19.6. The van der Waals surface area contributed by atoms with Crippen molar-refractivity contribution in [2.45, 2.75) is 17.9 Å². The first kappa shape index (κ1) is 24.9. The quantitative estimate of drug-likeness (QED) is 0.530. The van der Waals surface area contributed by atoms with Crippen LogP contribution < -0.4 is 4.90 Å². The maximum absolute atomic E-state index is 14.0. The number of carbonyl (C=O) groups is 1. The average Bonchev–Trinajstić information content (AvgIpc) is 3.08. The Morgan fingerprint density at radius 1 is 1.28 bits per heavy atom. The number of aryl methyl sites for hydroxylation is 1. The Labute approximate surface area is 220 Å². The monoisotopic (exact) mass is 526 g/mol. The predicted octanol–water partition coefficient (Wildman–Crippen LogP) is 4.94. The Bertz CT molecular complexity index is 1290. The third-order valence-corrected chi connectivity index (χ3v) is 8.43. The number of piperazine rings is 1. The number of carbonyl (C=O) groups excluding carboxylic acids is 1. The average molecular weight is 527 g/mol. The molecule has 0 aliphatic carbocycles. The van der Waals surface area contributed by atoms with Crippen molar-refractivity contribution in [2.24, 2.45) is 4.99 Å². The number of methoxy groups -OCH3 is 1. The number of halogens is 2. The highest BCUT2D eigenvalue weighted by atomic mass is 35.5. The van der Waals surface area contributed by atoms with Gasteiger partial charge in [0.2, 0.25) is 5.91 Å². The summed E-state index contributed by atoms with van der Waals surface area (Å²) < 4.78 is 19.8. The van der Waals surface area contributed by atoms with E-state index in [0.717, 1.165) is 44.4 Å². The molecule has 1 saturated heterocycles. The number of nitrogens with zero attached hydrogens (tertiary/aromatic N) is 4. The molecule has 2 aromatic carbocycles. The van der Waals surface area contributed by atoms with Crippen LogP contribution in [0.15, 0.2) is 59.2 Å². The zero-order valence-electron chi connectivity index (χ0n) is 20.4. The van der Waals surface area contributed by atoms with Gasteiger partial charge in [-0.3, -0.25) is 4.79 Å². The number of ether oxygens (including phenoxy) is 1. The molecular formula is C27H28ClFN4O2S. The Morgan fingerprint density at radius 3 is 2.69 bits per heavy atom. The summed E-state index contributed by atoms with van der Waals surface area (Å²) in [7, 11) is 1.72. The summed E-state index contributed by atoms with van der Waals surface area (Å²) in [5.41, 5.74) is 5.01. The molecule has 1 atom stereocenters. The van der Waals surface area contributed by atoms with Crippen molar-refractivity contribution in [2.75, 3.05) is 50.5 Å². The van der Waals surface area contributed by atoms with Crippen molar-refractivity contribution in [3.8, 4) is 11.1 Å². The molecule has 3 heterocycles. The zero-order chi connectivity index (χ0) is 25.6. The molecule has 0 aromatic heterocycles. The van der Waals surface area contributed by atoms with Crippen LogP contribution in [0.25, 0.3) is 11.1 Å². The standard InChI is InChI=1S/C27H28ClFN4O2S/c1-5-23(34)31-8-10-32(11-9-31)27-20-12-16(2)24(18-6-7-22(29)21(28)13-18)26-25(20)33(17(3)30-27)14-19(35-4)15-36-26/h5-7,12-13,19H,1,3,8-11,14-15H2,2,4H3/t19-/m0/s1. The molecule has 1 fully saturated rings. The molecule has 0 saturated carbocycles. The number of amidine groups is 1. The lowest BCUT2D eigenvalue weighted by atomic mass is 9.94. The van der Waals surface area contributed by atoms with Gasteiger partial charge >= 0.3 is 0 Å². The number of anilines is 1. The van der Waals surface area contributed by atoms with Crippen LogP contribution in [0.5, 0.6) is 0 Å². The lowest BCUT2D eigenvalue weighted by Gasteiger charge is -2.40. The van der Waals surface area contributed by atoms with Gasteiger partial charge in [-0.05, 0) is 42.3 Å². The van der Waals surface area contributed by atoms with Crippen LogP contribution in [0.1, 0.15) is 11.1 Å². The van der Waals surface area contributed by atoms with Crippen molar-refractivity contribution in [3.63, 3.8) is 0 Å². The van der Waals surface area contributed by atoms with Gasteiger partial charge in [0.05, 0.1) is 23.4 Å². The number of hydrogen-bond donors (Lipinski definition) is 0. The maximum Gasteiger partial charge on any atom is 0.246 e. The molecule has 9 heteroatoms. The largest absolute Gasteiger partial charge is 0.379 e. The van der Waals surface area contributed by atoms with Crippen LogP contribution in [0.4, 0.5) is 10.1 Å². The van der Waals surface area contributed by atoms with Gasteiger partial charge in [-0.15, -0.1) is 11.8 Å². The van der Waals surface area contributed by atoms with Crippen LogP contribution in [0, 0.1) is 12.7 Å². The zero-order valence-corrected chi connectivity index (χ0v) is 22.0. The second-order valence-electron chi connectivity index (χ2n) is 9.07. The molecule has 5 rings (SSSR count). The molecule has 0 radical (unpaired) electrons. The lowest BCUT2D eigenvalue weighted by molar-refractivity contribution is -0.127. The Hall–Kier alpha value is -2.81. The van der Waals surface area contributed by atoms with Gasteiger partial charge in [-0.2, -0.15) is 0 Å². The van der Waals surface area contributed by atoms with Gasteiger partial charge in [0.1, 0.15) is 17.5 Å². The molecule has 3 aliphatic heterocycles. The predicted molar refractivity (Wildman–Crippen MR) is 144 cm³/mol. The fourth-order valence-corrected chi connectivity index (χ4v) is 6.57. The molecule has 1 amide bonds. The van der Waals surface area contributed by atoms with Crippen molar-refractivity contribution in [1.29, 1.82) is 0 Å². The highest BCUT2D eigenvalue weighted by Gasteiger charge is 2.36. The summed E-state index contributed by atoms with van der Waals surface area (Å²) >= 11 is 7.91. The molecule has 0 bridgehead atoms. The third kappa shape index (κ3) is 4.31. The van der Waals surface area contributed by atoms with Crippen molar-refractivity contribution in [3.05, 3.63) is 71.3 Å². The van der Waals surface area contributed by atoms with E-state index >= 15 is 0 Å². The van der Waals surface area contributed by atoms with Crippen molar-refractivity contribution < 1.29 is 13.9 Å². The Morgan fingerprint density at radius 2 is 2.03 bits per heavy atom. The molecule has 36 heavy (non-hydrogen) atoms. The number of thioether (sulfide) groups is 1. The number of amides is 1. The van der Waals surface area contributed by atoms with Gasteiger partial charge in [-0.1, -0.05) is 30.8 Å². The summed E-state index contributed by atoms with van der Waals surface area (Å²) in [5, 5.41) is 0.0978. The van der Waals surface area contributed by atoms with E-state index in [1.165, 1.54) is 12.1 Å². The summed E-state index contributed by atoms with van der Waals surface area (Å²) in [5.74, 6) is 1.79. The number of aliphatic imine (C=N–C) groups is 1. The van der Waals surface area contributed by atoms with Crippen molar-refractivity contribution in [1.82, 2.24) is 9.80 Å². The topological polar surface area (TPSA) is 48.4 Å². The number of benzene rings is 2. The molecule has 3 aliphatic rings. The highest BCUT2D eigenvalue weighted by Crippen LogP contribution is 2.48. The van der Waals surface area contributed by atoms with Crippen molar-refractivity contribution >= 4 is 40.8 Å². The first-order chi connectivity index (χ1) is 17.3. The minimum absolute atomic E-state index is 0.0119. The van der Waals surface area contributed by atoms with E-state index in [0.29, 0.717) is 38.5 Å². The Balaban J connectivity index is 1.63. The third-order valence-electron chi connectivity index (χ3n) is 6.92. The van der Waals surface area contributed by atoms with Gasteiger partial charge < -0.3 is 19.4 Å². The first-order valence-electron chi connectivity index (χ1n) is 11.8. The summed E-state index contributed by atoms with van der Waals surface area (Å²) in [6.45, 7) is 13.2. The van der Waals surface area contributed by atoms with E-state index in [2.05, 4.69) is 35.9 Å². The molecule has 188 valence electrons. The highest BCUT2D eigenvalue weighted by molar-refractivity contribution is 7.99. The van der Waals surface area contributed by atoms with Crippen LogP contribution >= 0.6 is 23.4 Å². The summed E-state index contributed by atoms with van der Waals surface area (Å²) in [6.07, 6.45) is 1.35. The minimum Gasteiger partial charge on any atom is -0.379 e. The van der Waals surface area contributed by atoms with E-state index in [1.54, 1.807) is 35.9 Å². The summed E-state index contributed by atoms with van der Waals surface area (Å²) in [6, 6.07) is 7.03. The molecule has 0 unspecified atom stereocenters. The summed E-state index contributed by atoms with van der Waals surface area (Å²) in [4.78, 5) is 24.3. The minimum atomic E-state index is -0.438. The molecule has 6 nitrogen and oxygen atoms in total. The fourth-order valence-electron chi connectivity index (χ4n) is 5.02. The second-order valence-corrected chi connectivity index (χ2v) is 10.5. The van der Waals surface area contributed by atoms with Crippen LogP contribution in [-0.2, 0) is 9.53 Å². The van der Waals surface area contributed by atoms with Crippen LogP contribution in [0.3, 0.4) is 0 Å². The molecular weight excluding hydrogens is 499 g/mol. The smallest absolute Gasteiger partial charge is 0.246 e. The molecule has 0 spiro atoms. The molecule has 2 aromatic rings. The second kappa shape index (κ2) is 9.92. The Kier molecular flexibility index (Phi) is 6.85. The van der Waals surface area contributed by atoms with E-state index in [1.807, 2.05) is 0 Å². The lowest BCUT2D eigenvalue weighted by Crippen LogP contribution is -2.51. The number of hydrogen-bond acceptors (Lipinski definition) is 6.